The smallest absolute Gasteiger partial charge is 0.222 e. The molecule has 0 saturated carbocycles. The first-order valence-electron chi connectivity index (χ1n) is 8.89. The molecule has 0 aliphatic carbocycles. The van der Waals surface area contributed by atoms with Crippen LogP contribution in [0.5, 0.6) is 0 Å². The Morgan fingerprint density at radius 3 is 1.82 bits per heavy atom. The zero-order valence-electron chi connectivity index (χ0n) is 14.5. The standard InChI is InChI=1S/C17H35NO3S/c1-3-4-5-6-7-8-9-10-11-12-13-14-17(19)18(2)15-16-22(20)21/h3-16H2,1-2H3,(H,20,21). The average molecular weight is 334 g/mol. The van der Waals surface area contributed by atoms with Gasteiger partial charge in [0.25, 0.3) is 0 Å². The molecule has 0 spiro atoms. The van der Waals surface area contributed by atoms with Gasteiger partial charge in [-0.15, -0.1) is 0 Å². The third-order valence-electron chi connectivity index (χ3n) is 4.02. The summed E-state index contributed by atoms with van der Waals surface area (Å²) in [6, 6.07) is 0. The number of rotatable bonds is 15. The first-order chi connectivity index (χ1) is 10.6. The van der Waals surface area contributed by atoms with E-state index in [0.29, 0.717) is 13.0 Å². The van der Waals surface area contributed by atoms with Crippen LogP contribution >= 0.6 is 0 Å². The van der Waals surface area contributed by atoms with E-state index in [4.69, 9.17) is 4.55 Å². The normalized spacial score (nSPS) is 12.3. The summed E-state index contributed by atoms with van der Waals surface area (Å²) in [5.41, 5.74) is 0. The lowest BCUT2D eigenvalue weighted by Crippen LogP contribution is -2.30. The van der Waals surface area contributed by atoms with Gasteiger partial charge < -0.3 is 9.45 Å². The topological polar surface area (TPSA) is 57.6 Å². The van der Waals surface area contributed by atoms with Crippen LogP contribution in [0.3, 0.4) is 0 Å². The lowest BCUT2D eigenvalue weighted by molar-refractivity contribution is -0.129. The van der Waals surface area contributed by atoms with Gasteiger partial charge in [-0.2, -0.15) is 0 Å². The molecule has 0 radical (unpaired) electrons. The molecule has 132 valence electrons. The molecule has 5 heteroatoms. The molecule has 1 unspecified atom stereocenters. The van der Waals surface area contributed by atoms with Crippen LogP contribution in [0.1, 0.15) is 84.0 Å². The van der Waals surface area contributed by atoms with Gasteiger partial charge in [-0.05, 0) is 6.42 Å². The molecule has 1 N–H and O–H groups in total. The molecule has 4 nitrogen and oxygen atoms in total. The van der Waals surface area contributed by atoms with E-state index in [9.17, 15) is 9.00 Å². The predicted octanol–water partition coefficient (Wildman–Crippen LogP) is 4.37. The molecular weight excluding hydrogens is 298 g/mol. The van der Waals surface area contributed by atoms with E-state index in [2.05, 4.69) is 6.92 Å². The van der Waals surface area contributed by atoms with Crippen molar-refractivity contribution in [2.75, 3.05) is 19.3 Å². The summed E-state index contributed by atoms with van der Waals surface area (Å²) in [4.78, 5) is 13.3. The highest BCUT2D eigenvalue weighted by Crippen LogP contribution is 2.12. The largest absolute Gasteiger partial charge is 0.345 e. The SMILES string of the molecule is CCCCCCCCCCCCCC(=O)N(C)CCS(=O)O. The van der Waals surface area contributed by atoms with Crippen molar-refractivity contribution in [3.05, 3.63) is 0 Å². The summed E-state index contributed by atoms with van der Waals surface area (Å²) in [7, 11) is 1.70. The molecule has 0 aliphatic rings. The zero-order chi connectivity index (χ0) is 16.6. The van der Waals surface area contributed by atoms with Crippen molar-refractivity contribution in [1.82, 2.24) is 4.90 Å². The Hall–Kier alpha value is -0.420. The van der Waals surface area contributed by atoms with E-state index >= 15 is 0 Å². The van der Waals surface area contributed by atoms with Gasteiger partial charge in [-0.25, -0.2) is 4.21 Å². The Labute approximate surface area is 139 Å². The minimum Gasteiger partial charge on any atom is -0.345 e. The molecule has 1 atom stereocenters. The van der Waals surface area contributed by atoms with E-state index in [1.54, 1.807) is 11.9 Å². The second kappa shape index (κ2) is 15.5. The maximum Gasteiger partial charge on any atom is 0.222 e. The highest BCUT2D eigenvalue weighted by atomic mass is 32.2. The first kappa shape index (κ1) is 21.6. The fraction of sp³-hybridized carbons (Fsp3) is 0.941. The quantitative estimate of drug-likeness (QED) is 0.358. The van der Waals surface area contributed by atoms with Crippen molar-refractivity contribution in [2.24, 2.45) is 0 Å². The fourth-order valence-corrected chi connectivity index (χ4v) is 2.90. The van der Waals surface area contributed by atoms with Crippen LogP contribution in [0.2, 0.25) is 0 Å². The number of hydrogen-bond donors (Lipinski definition) is 1. The first-order valence-corrected chi connectivity index (χ1v) is 10.2. The monoisotopic (exact) mass is 333 g/mol. The van der Waals surface area contributed by atoms with Gasteiger partial charge in [-0.3, -0.25) is 4.79 Å². The number of carbonyl (C=O) groups is 1. The molecule has 22 heavy (non-hydrogen) atoms. The second-order valence-corrected chi connectivity index (χ2v) is 7.18. The maximum atomic E-state index is 11.8. The summed E-state index contributed by atoms with van der Waals surface area (Å²) >= 11 is -1.81. The summed E-state index contributed by atoms with van der Waals surface area (Å²) in [5, 5.41) is 0. The molecule has 0 saturated heterocycles. The fourth-order valence-electron chi connectivity index (χ4n) is 2.47. The molecule has 0 rings (SSSR count). The third kappa shape index (κ3) is 14.5. The number of nitrogens with zero attached hydrogens (tertiary/aromatic N) is 1. The average Bonchev–Trinajstić information content (AvgIpc) is 2.49. The van der Waals surface area contributed by atoms with E-state index in [1.807, 2.05) is 0 Å². The van der Waals surface area contributed by atoms with Gasteiger partial charge in [-0.1, -0.05) is 71.1 Å². The minimum absolute atomic E-state index is 0.0846. The van der Waals surface area contributed by atoms with E-state index in [0.717, 1.165) is 12.8 Å². The molecule has 0 aromatic rings. The van der Waals surface area contributed by atoms with Gasteiger partial charge in [0, 0.05) is 20.0 Å². The lowest BCUT2D eigenvalue weighted by atomic mass is 10.1. The Morgan fingerprint density at radius 1 is 0.909 bits per heavy atom. The van der Waals surface area contributed by atoms with Crippen molar-refractivity contribution in [3.8, 4) is 0 Å². The van der Waals surface area contributed by atoms with Gasteiger partial charge in [0.05, 0.1) is 5.75 Å². The number of carbonyl (C=O) groups excluding carboxylic acids is 1. The van der Waals surface area contributed by atoms with Gasteiger partial charge >= 0.3 is 0 Å². The van der Waals surface area contributed by atoms with Crippen LogP contribution < -0.4 is 0 Å². The highest BCUT2D eigenvalue weighted by molar-refractivity contribution is 7.79. The predicted molar refractivity (Wildman–Crippen MR) is 94.4 cm³/mol. The van der Waals surface area contributed by atoms with Crippen molar-refractivity contribution in [1.29, 1.82) is 0 Å². The molecular formula is C17H35NO3S. The van der Waals surface area contributed by atoms with E-state index in [1.165, 1.54) is 57.8 Å². The molecule has 0 heterocycles. The van der Waals surface area contributed by atoms with Crippen LogP contribution in [-0.2, 0) is 15.9 Å². The summed E-state index contributed by atoms with van der Waals surface area (Å²) in [6.45, 7) is 2.61. The molecule has 0 bridgehead atoms. The Balaban J connectivity index is 3.31. The van der Waals surface area contributed by atoms with Crippen LogP contribution in [0.15, 0.2) is 0 Å². The van der Waals surface area contributed by atoms with Gasteiger partial charge in [0.2, 0.25) is 5.91 Å². The van der Waals surface area contributed by atoms with Crippen molar-refractivity contribution >= 4 is 17.0 Å². The zero-order valence-corrected chi connectivity index (χ0v) is 15.3. The minimum atomic E-state index is -1.81. The maximum absolute atomic E-state index is 11.8. The summed E-state index contributed by atoms with van der Waals surface area (Å²) in [6.07, 6.45) is 14.6. The lowest BCUT2D eigenvalue weighted by Gasteiger charge is -2.15. The molecule has 0 aromatic heterocycles. The van der Waals surface area contributed by atoms with Crippen molar-refractivity contribution in [3.63, 3.8) is 0 Å². The van der Waals surface area contributed by atoms with Crippen LogP contribution in [0.25, 0.3) is 0 Å². The van der Waals surface area contributed by atoms with Crippen LogP contribution in [-0.4, -0.2) is 38.9 Å². The third-order valence-corrected chi connectivity index (χ3v) is 4.55. The van der Waals surface area contributed by atoms with Gasteiger partial charge in [0.1, 0.15) is 0 Å². The Bertz CT molecular complexity index is 298. The van der Waals surface area contributed by atoms with E-state index < -0.39 is 11.1 Å². The van der Waals surface area contributed by atoms with Crippen molar-refractivity contribution < 1.29 is 13.6 Å². The highest BCUT2D eigenvalue weighted by Gasteiger charge is 2.08. The Kier molecular flexibility index (Phi) is 15.2. The summed E-state index contributed by atoms with van der Waals surface area (Å²) in [5.74, 6) is 0.224. The molecule has 1 amide bonds. The molecule has 0 fully saturated rings. The molecule has 0 aliphatic heterocycles. The van der Waals surface area contributed by atoms with Crippen LogP contribution in [0.4, 0.5) is 0 Å². The Morgan fingerprint density at radius 2 is 1.36 bits per heavy atom. The van der Waals surface area contributed by atoms with Crippen LogP contribution in [0, 0.1) is 0 Å². The van der Waals surface area contributed by atoms with Gasteiger partial charge in [0.15, 0.2) is 11.1 Å². The van der Waals surface area contributed by atoms with E-state index in [-0.39, 0.29) is 11.7 Å². The number of hydrogen-bond acceptors (Lipinski definition) is 2. The van der Waals surface area contributed by atoms with Crippen molar-refractivity contribution in [2.45, 2.75) is 84.0 Å². The number of unbranched alkanes of at least 4 members (excludes halogenated alkanes) is 10. The molecule has 0 aromatic carbocycles. The number of amides is 1. The second-order valence-electron chi connectivity index (χ2n) is 6.13. The summed E-state index contributed by atoms with van der Waals surface area (Å²) < 4.78 is 19.3.